The molecule has 0 saturated carbocycles. The highest BCUT2D eigenvalue weighted by atomic mass is 32.2. The van der Waals surface area contributed by atoms with Crippen LogP contribution in [0.3, 0.4) is 0 Å². The van der Waals surface area contributed by atoms with E-state index in [9.17, 15) is 13.2 Å². The zero-order chi connectivity index (χ0) is 64.0. The van der Waals surface area contributed by atoms with Gasteiger partial charge in [-0.05, 0) is 166 Å². The van der Waals surface area contributed by atoms with E-state index in [4.69, 9.17) is 0 Å². The molecule has 11 heteroatoms. The van der Waals surface area contributed by atoms with Gasteiger partial charge in [0, 0.05) is 89.2 Å². The Morgan fingerprint density at radius 3 is 1.29 bits per heavy atom. The van der Waals surface area contributed by atoms with Gasteiger partial charge in [-0.2, -0.15) is 13.2 Å². The minimum absolute atomic E-state index is 0.253. The van der Waals surface area contributed by atoms with Gasteiger partial charge in [0.15, 0.2) is 0 Å². The number of fused-ring (bicyclic) bond motifs is 8. The van der Waals surface area contributed by atoms with Crippen LogP contribution in [0.1, 0.15) is 5.56 Å². The molecular weight excluding hydrogens is 1200 g/mol. The molecule has 0 amide bonds. The largest absolute Gasteiger partial charge is 0.416 e. The molecule has 0 aliphatic carbocycles. The SMILES string of the molecule is FC(F)(F)c1ccc(N2c3cc4c(cc3B3c5ccccc5N(c5ccccc5)c5cc(N(c6ccccc6)c6ccccc6)cc2c53)B2c3ccccc3N(c3ccccc3-c3ccccc3)c3cc(N(c5ccccc5)c5ccccc5-c5ccccc5)cc(c32)S4)cc1. The second-order valence-electron chi connectivity index (χ2n) is 24.6. The first kappa shape index (κ1) is 57.0. The van der Waals surface area contributed by atoms with Crippen molar-refractivity contribution in [2.45, 2.75) is 16.0 Å². The summed E-state index contributed by atoms with van der Waals surface area (Å²) in [4.78, 5) is 14.0. The van der Waals surface area contributed by atoms with Gasteiger partial charge < -0.3 is 24.5 Å². The normalized spacial score (nSPS) is 13.0. The van der Waals surface area contributed by atoms with Gasteiger partial charge in [-0.15, -0.1) is 0 Å². The molecule has 18 rings (SSSR count). The molecule has 0 fully saturated rings. The molecule has 0 bridgehead atoms. The Balaban J connectivity index is 0.928. The monoisotopic (exact) mass is 1260 g/mol. The molecule has 0 saturated heterocycles. The molecule has 5 nitrogen and oxygen atoms in total. The van der Waals surface area contributed by atoms with E-state index in [-0.39, 0.29) is 13.4 Å². The standard InChI is InChI=1S/C85H56B2F3N5S/c88-85(89,90)59-47-49-64(50-48-59)94-77-56-81-72(55-71(77)86-69-41-21-25-45-75(69)93(63-37-17-6-18-38-63)78-51-65(52-79(94)83(78)86)91(60-31-11-3-12-32-60)61-33-13-4-14-34-61)87-70-42-22-26-46-76(70)95(74-44-24-20-40-68(74)58-29-9-2-10-30-58)80-53-66(54-82(96-81)84(80)87)92(62-35-15-5-16-36-62)73-43-23-19-39-67(73)57-27-7-1-8-28-57/h1-56H. The summed E-state index contributed by atoms with van der Waals surface area (Å²) in [5.74, 6) is 0. The molecule has 4 heterocycles. The molecule has 0 N–H and O–H groups in total. The van der Waals surface area contributed by atoms with Crippen LogP contribution in [0.15, 0.2) is 350 Å². The number of hydrogen-bond donors (Lipinski definition) is 0. The number of alkyl halides is 3. The Labute approximate surface area is 561 Å². The lowest BCUT2D eigenvalue weighted by Crippen LogP contribution is -2.64. The summed E-state index contributed by atoms with van der Waals surface area (Å²) in [5, 5.41) is 0. The van der Waals surface area contributed by atoms with Crippen LogP contribution in [0.4, 0.5) is 98.5 Å². The highest BCUT2D eigenvalue weighted by Gasteiger charge is 2.48. The van der Waals surface area contributed by atoms with E-state index in [2.05, 4.69) is 322 Å². The number of halogens is 3. The summed E-state index contributed by atoms with van der Waals surface area (Å²) in [6, 6.07) is 118. The minimum atomic E-state index is -4.55. The van der Waals surface area contributed by atoms with Gasteiger partial charge in [-0.3, -0.25) is 0 Å². The zero-order valence-electron chi connectivity index (χ0n) is 51.8. The molecule has 4 aliphatic rings. The maximum absolute atomic E-state index is 14.9. The van der Waals surface area contributed by atoms with E-state index in [1.807, 2.05) is 18.2 Å². The lowest BCUT2D eigenvalue weighted by molar-refractivity contribution is -0.137. The average Bonchev–Trinajstić information content (AvgIpc) is 0.691. The van der Waals surface area contributed by atoms with Crippen LogP contribution in [0.25, 0.3) is 22.3 Å². The molecule has 14 aromatic carbocycles. The molecule has 0 aromatic heterocycles. The summed E-state index contributed by atoms with van der Waals surface area (Å²) in [5.41, 5.74) is 24.8. The zero-order valence-corrected chi connectivity index (χ0v) is 52.6. The maximum atomic E-state index is 14.9. The van der Waals surface area contributed by atoms with E-state index < -0.39 is 11.7 Å². The first-order chi connectivity index (χ1) is 47.3. The average molecular weight is 1260 g/mol. The molecule has 454 valence electrons. The van der Waals surface area contributed by atoms with Crippen LogP contribution in [0.5, 0.6) is 0 Å². The predicted octanol–water partition coefficient (Wildman–Crippen LogP) is 19.8. The quantitative estimate of drug-likeness (QED) is 0.119. The topological polar surface area (TPSA) is 16.2 Å². The Morgan fingerprint density at radius 2 is 0.708 bits per heavy atom. The van der Waals surface area contributed by atoms with E-state index in [0.29, 0.717) is 5.69 Å². The van der Waals surface area contributed by atoms with Crippen molar-refractivity contribution in [2.75, 3.05) is 24.5 Å². The number of rotatable bonds is 11. The highest BCUT2D eigenvalue weighted by molar-refractivity contribution is 8.00. The summed E-state index contributed by atoms with van der Waals surface area (Å²) in [6.45, 7) is -0.574. The van der Waals surface area contributed by atoms with E-state index in [1.165, 1.54) is 23.1 Å². The summed E-state index contributed by atoms with van der Waals surface area (Å²) in [6.07, 6.45) is -4.55. The fraction of sp³-hybridized carbons (Fsp3) is 0.0118. The number of para-hydroxylation sites is 8. The van der Waals surface area contributed by atoms with Crippen molar-refractivity contribution in [2.24, 2.45) is 0 Å². The highest BCUT2D eigenvalue weighted by Crippen LogP contribution is 2.53. The molecular formula is C85H56B2F3N5S. The van der Waals surface area contributed by atoms with Gasteiger partial charge in [0.05, 0.1) is 22.6 Å². The van der Waals surface area contributed by atoms with Crippen LogP contribution in [-0.2, 0) is 6.18 Å². The third kappa shape index (κ3) is 9.43. The second kappa shape index (κ2) is 23.1. The van der Waals surface area contributed by atoms with Gasteiger partial charge in [0.2, 0.25) is 6.71 Å². The van der Waals surface area contributed by atoms with Crippen LogP contribution >= 0.6 is 11.8 Å². The Bertz CT molecular complexity index is 5260. The molecule has 14 aromatic rings. The van der Waals surface area contributed by atoms with E-state index in [1.54, 1.807) is 23.9 Å². The molecule has 4 aliphatic heterocycles. The van der Waals surface area contributed by atoms with Gasteiger partial charge in [-0.25, -0.2) is 0 Å². The van der Waals surface area contributed by atoms with Crippen LogP contribution < -0.4 is 57.3 Å². The second-order valence-corrected chi connectivity index (χ2v) is 25.7. The van der Waals surface area contributed by atoms with Gasteiger partial charge >= 0.3 is 6.18 Å². The Hall–Kier alpha value is -11.7. The minimum Gasteiger partial charge on any atom is -0.311 e. The van der Waals surface area contributed by atoms with Crippen molar-refractivity contribution in [3.8, 4) is 22.3 Å². The predicted molar refractivity (Wildman–Crippen MR) is 396 cm³/mol. The number of anilines is 15. The summed E-state index contributed by atoms with van der Waals surface area (Å²) >= 11 is 1.77. The van der Waals surface area contributed by atoms with Crippen molar-refractivity contribution in [3.05, 3.63) is 345 Å². The van der Waals surface area contributed by atoms with Gasteiger partial charge in [0.1, 0.15) is 0 Å². The fourth-order valence-electron chi connectivity index (χ4n) is 15.2. The van der Waals surface area contributed by atoms with Gasteiger partial charge in [-0.1, -0.05) is 230 Å². The van der Waals surface area contributed by atoms with Crippen molar-refractivity contribution in [3.63, 3.8) is 0 Å². The van der Waals surface area contributed by atoms with Crippen LogP contribution in [0.2, 0.25) is 0 Å². The Morgan fingerprint density at radius 1 is 0.281 bits per heavy atom. The third-order valence-electron chi connectivity index (χ3n) is 19.2. The Kier molecular flexibility index (Phi) is 13.7. The maximum Gasteiger partial charge on any atom is 0.416 e. The van der Waals surface area contributed by atoms with Crippen molar-refractivity contribution in [1.82, 2.24) is 0 Å². The van der Waals surface area contributed by atoms with E-state index >= 15 is 0 Å². The van der Waals surface area contributed by atoms with Crippen LogP contribution in [0, 0.1) is 0 Å². The number of nitrogens with zero attached hydrogens (tertiary/aromatic N) is 5. The molecule has 0 spiro atoms. The summed E-state index contributed by atoms with van der Waals surface area (Å²) < 4.78 is 44.6. The van der Waals surface area contributed by atoms with Gasteiger partial charge in [0.25, 0.3) is 6.71 Å². The van der Waals surface area contributed by atoms with Crippen molar-refractivity contribution >= 4 is 143 Å². The number of benzene rings is 14. The molecule has 96 heavy (non-hydrogen) atoms. The fourth-order valence-corrected chi connectivity index (χ4v) is 16.4. The lowest BCUT2D eigenvalue weighted by atomic mass is 9.31. The third-order valence-corrected chi connectivity index (χ3v) is 20.4. The van der Waals surface area contributed by atoms with Crippen LogP contribution in [-0.4, -0.2) is 13.4 Å². The molecule has 0 atom stereocenters. The van der Waals surface area contributed by atoms with E-state index in [0.717, 1.165) is 134 Å². The first-order valence-corrected chi connectivity index (χ1v) is 33.2. The lowest BCUT2D eigenvalue weighted by Gasteiger charge is -2.46. The van der Waals surface area contributed by atoms with Crippen molar-refractivity contribution < 1.29 is 13.2 Å². The summed E-state index contributed by atoms with van der Waals surface area (Å²) in [7, 11) is 0. The smallest absolute Gasteiger partial charge is 0.311 e. The number of hydrogen-bond acceptors (Lipinski definition) is 6. The molecule has 0 unspecified atom stereocenters. The van der Waals surface area contributed by atoms with Crippen molar-refractivity contribution in [1.29, 1.82) is 0 Å². The first-order valence-electron chi connectivity index (χ1n) is 32.4. The molecule has 0 radical (unpaired) electrons.